The number of pyridine rings is 1. The van der Waals surface area contributed by atoms with Gasteiger partial charge in [0, 0.05) is 45.7 Å². The number of rotatable bonds is 5. The van der Waals surface area contributed by atoms with Gasteiger partial charge >= 0.3 is 0 Å². The van der Waals surface area contributed by atoms with Gasteiger partial charge in [-0.2, -0.15) is 0 Å². The van der Waals surface area contributed by atoms with Gasteiger partial charge < -0.3 is 5.32 Å². The Labute approximate surface area is 179 Å². The normalized spacial score (nSPS) is 11.0. The predicted octanol–water partition coefficient (Wildman–Crippen LogP) is 6.34. The molecule has 0 fully saturated rings. The van der Waals surface area contributed by atoms with Crippen LogP contribution in [0.4, 0.5) is 5.82 Å². The molecule has 0 saturated heterocycles. The van der Waals surface area contributed by atoms with Gasteiger partial charge in [0.2, 0.25) is 0 Å². The van der Waals surface area contributed by atoms with Gasteiger partial charge in [-0.1, -0.05) is 48.5 Å². The maximum absolute atomic E-state index is 4.65. The third-order valence-electron chi connectivity index (χ3n) is 4.90. The predicted molar refractivity (Wildman–Crippen MR) is 125 cm³/mol. The Kier molecular flexibility index (Phi) is 4.95. The molecule has 3 heterocycles. The second kappa shape index (κ2) is 8.05. The molecule has 0 saturated carbocycles. The standard InChI is InChI=1S/C25H20N4S/c1-17-28-22(13-25(29-17)27-14-18-7-3-2-4-8-18)20-11-21(16-26-15-20)24-12-19-9-5-6-10-23(19)30-24/h2-13,15-16H,14H2,1H3,(H,27,28,29). The monoisotopic (exact) mass is 408 g/mol. The maximum atomic E-state index is 4.65. The van der Waals surface area contributed by atoms with Gasteiger partial charge in [-0.3, -0.25) is 4.98 Å². The minimum atomic E-state index is 0.719. The van der Waals surface area contributed by atoms with Crippen molar-refractivity contribution in [2.75, 3.05) is 5.32 Å². The number of nitrogens with one attached hydrogen (secondary N) is 1. The van der Waals surface area contributed by atoms with Crippen LogP contribution in [0.2, 0.25) is 0 Å². The molecule has 0 amide bonds. The van der Waals surface area contributed by atoms with Crippen molar-refractivity contribution in [1.29, 1.82) is 0 Å². The summed E-state index contributed by atoms with van der Waals surface area (Å²) in [6, 6.07) is 25.1. The van der Waals surface area contributed by atoms with Gasteiger partial charge in [-0.15, -0.1) is 11.3 Å². The smallest absolute Gasteiger partial charge is 0.130 e. The molecule has 0 atom stereocenters. The van der Waals surface area contributed by atoms with Crippen molar-refractivity contribution >= 4 is 27.2 Å². The van der Waals surface area contributed by atoms with E-state index >= 15 is 0 Å². The summed E-state index contributed by atoms with van der Waals surface area (Å²) in [6.07, 6.45) is 3.77. The van der Waals surface area contributed by atoms with Crippen LogP contribution in [0.25, 0.3) is 31.8 Å². The summed E-state index contributed by atoms with van der Waals surface area (Å²) in [6.45, 7) is 2.64. The zero-order valence-corrected chi connectivity index (χ0v) is 17.4. The highest BCUT2D eigenvalue weighted by Gasteiger charge is 2.09. The number of aryl methyl sites for hydroxylation is 1. The lowest BCUT2D eigenvalue weighted by molar-refractivity contribution is 1.03. The summed E-state index contributed by atoms with van der Waals surface area (Å²) >= 11 is 1.78. The van der Waals surface area contributed by atoms with E-state index in [1.165, 1.54) is 20.5 Å². The Bertz CT molecular complexity index is 1280. The van der Waals surface area contributed by atoms with Crippen LogP contribution in [0.3, 0.4) is 0 Å². The van der Waals surface area contributed by atoms with Gasteiger partial charge in [0.15, 0.2) is 0 Å². The van der Waals surface area contributed by atoms with Crippen molar-refractivity contribution < 1.29 is 0 Å². The number of thiophene rings is 1. The largest absolute Gasteiger partial charge is 0.366 e. The molecular weight excluding hydrogens is 388 g/mol. The second-order valence-electron chi connectivity index (χ2n) is 7.14. The quantitative estimate of drug-likeness (QED) is 0.369. The van der Waals surface area contributed by atoms with Gasteiger partial charge in [0.1, 0.15) is 11.6 Å². The van der Waals surface area contributed by atoms with E-state index in [1.54, 1.807) is 11.3 Å². The Morgan fingerprint density at radius 2 is 1.63 bits per heavy atom. The van der Waals surface area contributed by atoms with Crippen LogP contribution >= 0.6 is 11.3 Å². The zero-order valence-electron chi connectivity index (χ0n) is 16.5. The van der Waals surface area contributed by atoms with Crippen LogP contribution in [-0.4, -0.2) is 15.0 Å². The molecule has 0 aliphatic carbocycles. The fourth-order valence-corrected chi connectivity index (χ4v) is 4.48. The van der Waals surface area contributed by atoms with E-state index in [0.717, 1.165) is 35.0 Å². The van der Waals surface area contributed by atoms with Gasteiger partial charge in [-0.25, -0.2) is 9.97 Å². The highest BCUT2D eigenvalue weighted by molar-refractivity contribution is 7.22. The highest BCUT2D eigenvalue weighted by Crippen LogP contribution is 2.34. The number of aromatic nitrogens is 3. The Morgan fingerprint density at radius 3 is 2.50 bits per heavy atom. The van der Waals surface area contributed by atoms with Crippen molar-refractivity contribution in [3.05, 3.63) is 96.6 Å². The fraction of sp³-hybridized carbons (Fsp3) is 0.0800. The highest BCUT2D eigenvalue weighted by atomic mass is 32.1. The minimum absolute atomic E-state index is 0.719. The summed E-state index contributed by atoms with van der Waals surface area (Å²) in [7, 11) is 0. The van der Waals surface area contributed by atoms with Crippen molar-refractivity contribution in [3.8, 4) is 21.7 Å². The number of fused-ring (bicyclic) bond motifs is 1. The number of benzene rings is 2. The van der Waals surface area contributed by atoms with Crippen molar-refractivity contribution in [3.63, 3.8) is 0 Å². The van der Waals surface area contributed by atoms with Gasteiger partial charge in [0.25, 0.3) is 0 Å². The number of hydrogen-bond acceptors (Lipinski definition) is 5. The van der Waals surface area contributed by atoms with Crippen molar-refractivity contribution in [1.82, 2.24) is 15.0 Å². The molecule has 0 unspecified atom stereocenters. The molecule has 5 heteroatoms. The lowest BCUT2D eigenvalue weighted by Crippen LogP contribution is -2.04. The third kappa shape index (κ3) is 3.93. The molecule has 30 heavy (non-hydrogen) atoms. The van der Waals surface area contributed by atoms with Crippen LogP contribution in [0.1, 0.15) is 11.4 Å². The average molecular weight is 409 g/mol. The molecule has 0 aliphatic heterocycles. The number of nitrogens with zero attached hydrogens (tertiary/aromatic N) is 3. The van der Waals surface area contributed by atoms with Crippen LogP contribution in [-0.2, 0) is 6.54 Å². The summed E-state index contributed by atoms with van der Waals surface area (Å²) in [5.74, 6) is 1.55. The third-order valence-corrected chi connectivity index (χ3v) is 6.06. The van der Waals surface area contributed by atoms with E-state index in [1.807, 2.05) is 43.6 Å². The molecule has 0 aliphatic rings. The molecule has 0 radical (unpaired) electrons. The van der Waals surface area contributed by atoms with Crippen LogP contribution in [0.5, 0.6) is 0 Å². The first-order valence-electron chi connectivity index (χ1n) is 9.82. The van der Waals surface area contributed by atoms with E-state index in [0.29, 0.717) is 0 Å². The SMILES string of the molecule is Cc1nc(NCc2ccccc2)cc(-c2cncc(-c3cc4ccccc4s3)c2)n1. The fourth-order valence-electron chi connectivity index (χ4n) is 3.43. The zero-order chi connectivity index (χ0) is 20.3. The van der Waals surface area contributed by atoms with Crippen LogP contribution in [0, 0.1) is 6.92 Å². The maximum Gasteiger partial charge on any atom is 0.130 e. The lowest BCUT2D eigenvalue weighted by atomic mass is 10.1. The van der Waals surface area contributed by atoms with E-state index in [4.69, 9.17) is 0 Å². The van der Waals surface area contributed by atoms with Crippen molar-refractivity contribution in [2.24, 2.45) is 0 Å². The molecule has 5 rings (SSSR count). The molecule has 0 spiro atoms. The van der Waals surface area contributed by atoms with Crippen LogP contribution < -0.4 is 5.32 Å². The van der Waals surface area contributed by atoms with E-state index < -0.39 is 0 Å². The first kappa shape index (κ1) is 18.5. The lowest BCUT2D eigenvalue weighted by Gasteiger charge is -2.09. The molecule has 5 aromatic rings. The first-order chi connectivity index (χ1) is 14.7. The topological polar surface area (TPSA) is 50.7 Å². The van der Waals surface area contributed by atoms with Crippen molar-refractivity contribution in [2.45, 2.75) is 13.5 Å². The second-order valence-corrected chi connectivity index (χ2v) is 8.22. The van der Waals surface area contributed by atoms with E-state index in [-0.39, 0.29) is 0 Å². The Balaban J connectivity index is 1.45. The Hall–Kier alpha value is -3.57. The molecule has 146 valence electrons. The molecule has 4 nitrogen and oxygen atoms in total. The van der Waals surface area contributed by atoms with E-state index in [2.05, 4.69) is 68.8 Å². The summed E-state index contributed by atoms with van der Waals surface area (Å²) in [5, 5.41) is 4.66. The van der Waals surface area contributed by atoms with E-state index in [9.17, 15) is 0 Å². The minimum Gasteiger partial charge on any atom is -0.366 e. The Morgan fingerprint density at radius 1 is 0.833 bits per heavy atom. The van der Waals surface area contributed by atoms with Gasteiger partial charge in [-0.05, 0) is 36.1 Å². The number of anilines is 1. The number of hydrogen-bond donors (Lipinski definition) is 1. The summed E-state index contributed by atoms with van der Waals surface area (Å²) in [4.78, 5) is 14.9. The molecular formula is C25H20N4S. The molecule has 1 N–H and O–H groups in total. The molecule has 0 bridgehead atoms. The molecule has 2 aromatic carbocycles. The first-order valence-corrected chi connectivity index (χ1v) is 10.6. The van der Waals surface area contributed by atoms with Gasteiger partial charge in [0.05, 0.1) is 5.69 Å². The summed E-state index contributed by atoms with van der Waals surface area (Å²) in [5.41, 5.74) is 4.17. The summed E-state index contributed by atoms with van der Waals surface area (Å²) < 4.78 is 1.28. The average Bonchev–Trinajstić information content (AvgIpc) is 3.23. The molecule has 3 aromatic heterocycles. The van der Waals surface area contributed by atoms with Crippen LogP contribution in [0.15, 0.2) is 85.2 Å².